The number of ketones is 1. The summed E-state index contributed by atoms with van der Waals surface area (Å²) in [5.41, 5.74) is 5.25. The number of Topliss-reactive ketones (excluding diaryl/α,β-unsaturated/α-hetero) is 1. The predicted molar refractivity (Wildman–Crippen MR) is 51.9 cm³/mol. The minimum Gasteiger partial charge on any atom is -0.324 e. The number of carbonyl (C=O) groups is 1. The molecule has 0 aliphatic rings. The van der Waals surface area contributed by atoms with Crippen LogP contribution in [-0.4, -0.2) is 12.3 Å². The van der Waals surface area contributed by atoms with Gasteiger partial charge in [0.2, 0.25) is 0 Å². The zero-order chi connectivity index (χ0) is 9.99. The van der Waals surface area contributed by atoms with Gasteiger partial charge in [-0.15, -0.1) is 0 Å². The summed E-state index contributed by atoms with van der Waals surface area (Å²) in [6, 6.07) is 0. The van der Waals surface area contributed by atoms with Gasteiger partial charge in [0.15, 0.2) is 5.78 Å². The van der Waals surface area contributed by atoms with E-state index in [2.05, 4.69) is 20.8 Å². The minimum absolute atomic E-state index is 0.150. The fourth-order valence-electron chi connectivity index (χ4n) is 1.70. The van der Waals surface area contributed by atoms with E-state index < -0.39 is 0 Å². The molecule has 0 spiro atoms. The standard InChI is InChI=1S/C10H21NO/c1-9(2,3)7-10(4,5)8(12)6-11/h6-7,11H2,1-5H3. The van der Waals surface area contributed by atoms with Crippen LogP contribution in [0.4, 0.5) is 0 Å². The number of nitrogens with two attached hydrogens (primary N) is 1. The number of hydrogen-bond donors (Lipinski definition) is 1. The van der Waals surface area contributed by atoms with Crippen LogP contribution in [-0.2, 0) is 4.79 Å². The molecule has 0 saturated heterocycles. The first kappa shape index (κ1) is 11.6. The molecule has 0 saturated carbocycles. The fraction of sp³-hybridized carbons (Fsp3) is 0.900. The monoisotopic (exact) mass is 171 g/mol. The van der Waals surface area contributed by atoms with E-state index in [0.717, 1.165) is 6.42 Å². The van der Waals surface area contributed by atoms with Crippen molar-refractivity contribution in [3.05, 3.63) is 0 Å². The molecule has 0 atom stereocenters. The topological polar surface area (TPSA) is 43.1 Å². The highest BCUT2D eigenvalue weighted by atomic mass is 16.1. The summed E-state index contributed by atoms with van der Waals surface area (Å²) in [5.74, 6) is 0.150. The Bertz CT molecular complexity index is 165. The molecule has 72 valence electrons. The number of carbonyl (C=O) groups excluding carboxylic acids is 1. The van der Waals surface area contributed by atoms with Crippen molar-refractivity contribution in [2.24, 2.45) is 16.6 Å². The summed E-state index contributed by atoms with van der Waals surface area (Å²) in [4.78, 5) is 11.4. The van der Waals surface area contributed by atoms with Crippen LogP contribution in [0.25, 0.3) is 0 Å². The Morgan fingerprint density at radius 3 is 1.83 bits per heavy atom. The third-order valence-electron chi connectivity index (χ3n) is 1.91. The first-order valence-corrected chi connectivity index (χ1v) is 4.42. The molecule has 0 aromatic heterocycles. The highest BCUT2D eigenvalue weighted by Gasteiger charge is 2.30. The number of rotatable bonds is 3. The van der Waals surface area contributed by atoms with E-state index in [1.54, 1.807) is 0 Å². The zero-order valence-electron chi connectivity index (χ0n) is 8.90. The highest BCUT2D eigenvalue weighted by Crippen LogP contribution is 2.33. The lowest BCUT2D eigenvalue weighted by atomic mass is 9.74. The summed E-state index contributed by atoms with van der Waals surface area (Å²) in [6.07, 6.45) is 0.885. The third kappa shape index (κ3) is 3.86. The SMILES string of the molecule is CC(C)(C)CC(C)(C)C(=O)CN. The van der Waals surface area contributed by atoms with Gasteiger partial charge in [0.05, 0.1) is 6.54 Å². The van der Waals surface area contributed by atoms with E-state index in [1.165, 1.54) is 0 Å². The fourth-order valence-corrected chi connectivity index (χ4v) is 1.70. The van der Waals surface area contributed by atoms with Crippen LogP contribution in [0.2, 0.25) is 0 Å². The van der Waals surface area contributed by atoms with Crippen molar-refractivity contribution in [1.82, 2.24) is 0 Å². The van der Waals surface area contributed by atoms with Gasteiger partial charge >= 0.3 is 0 Å². The first-order valence-electron chi connectivity index (χ1n) is 4.42. The van der Waals surface area contributed by atoms with Gasteiger partial charge in [0.25, 0.3) is 0 Å². The van der Waals surface area contributed by atoms with Gasteiger partial charge < -0.3 is 5.73 Å². The molecule has 12 heavy (non-hydrogen) atoms. The molecule has 2 heteroatoms. The van der Waals surface area contributed by atoms with Crippen molar-refractivity contribution in [2.75, 3.05) is 6.54 Å². The molecule has 0 aliphatic carbocycles. The predicted octanol–water partition coefficient (Wildman–Crippen LogP) is 1.98. The van der Waals surface area contributed by atoms with E-state index in [9.17, 15) is 4.79 Å². The number of hydrogen-bond acceptors (Lipinski definition) is 2. The molecule has 0 rings (SSSR count). The second-order valence-corrected chi connectivity index (χ2v) is 5.25. The molecule has 0 unspecified atom stereocenters. The average Bonchev–Trinajstić information content (AvgIpc) is 1.80. The largest absolute Gasteiger partial charge is 0.324 e. The lowest BCUT2D eigenvalue weighted by Gasteiger charge is -2.30. The van der Waals surface area contributed by atoms with Crippen LogP contribution in [0.15, 0.2) is 0 Å². The molecular formula is C10H21NO. The van der Waals surface area contributed by atoms with Crippen LogP contribution in [0.5, 0.6) is 0 Å². The maximum atomic E-state index is 11.4. The Balaban J connectivity index is 4.32. The van der Waals surface area contributed by atoms with Crippen molar-refractivity contribution in [3.8, 4) is 0 Å². The third-order valence-corrected chi connectivity index (χ3v) is 1.91. The second-order valence-electron chi connectivity index (χ2n) is 5.25. The van der Waals surface area contributed by atoms with Crippen LogP contribution >= 0.6 is 0 Å². The Labute approximate surface area is 75.5 Å². The van der Waals surface area contributed by atoms with Gasteiger partial charge in [0, 0.05) is 5.41 Å². The molecule has 0 amide bonds. The van der Waals surface area contributed by atoms with Crippen molar-refractivity contribution in [3.63, 3.8) is 0 Å². The van der Waals surface area contributed by atoms with Gasteiger partial charge in [-0.05, 0) is 11.8 Å². The van der Waals surface area contributed by atoms with Crippen LogP contribution in [0, 0.1) is 10.8 Å². The summed E-state index contributed by atoms with van der Waals surface area (Å²) >= 11 is 0. The Kier molecular flexibility index (Phi) is 3.45. The zero-order valence-corrected chi connectivity index (χ0v) is 8.90. The Morgan fingerprint density at radius 1 is 1.17 bits per heavy atom. The minimum atomic E-state index is -0.271. The highest BCUT2D eigenvalue weighted by molar-refractivity contribution is 5.85. The molecule has 2 N–H and O–H groups in total. The van der Waals surface area contributed by atoms with Gasteiger partial charge in [-0.25, -0.2) is 0 Å². The van der Waals surface area contributed by atoms with Gasteiger partial charge in [0.1, 0.15) is 0 Å². The van der Waals surface area contributed by atoms with Crippen molar-refractivity contribution >= 4 is 5.78 Å². The average molecular weight is 171 g/mol. The normalized spacial score (nSPS) is 13.2. The van der Waals surface area contributed by atoms with E-state index in [1.807, 2.05) is 13.8 Å². The van der Waals surface area contributed by atoms with Crippen LogP contribution in [0.1, 0.15) is 41.0 Å². The van der Waals surface area contributed by atoms with Crippen LogP contribution in [0.3, 0.4) is 0 Å². The second kappa shape index (κ2) is 3.56. The van der Waals surface area contributed by atoms with Gasteiger partial charge in [-0.1, -0.05) is 34.6 Å². The molecule has 0 aromatic rings. The summed E-state index contributed by atoms with van der Waals surface area (Å²) in [7, 11) is 0. The Morgan fingerprint density at radius 2 is 1.58 bits per heavy atom. The van der Waals surface area contributed by atoms with E-state index in [-0.39, 0.29) is 23.2 Å². The van der Waals surface area contributed by atoms with Crippen molar-refractivity contribution in [2.45, 2.75) is 41.0 Å². The van der Waals surface area contributed by atoms with Crippen molar-refractivity contribution < 1.29 is 4.79 Å². The summed E-state index contributed by atoms with van der Waals surface area (Å²) in [6.45, 7) is 10.5. The molecule has 0 bridgehead atoms. The molecule has 2 nitrogen and oxygen atoms in total. The molecular weight excluding hydrogens is 150 g/mol. The molecule has 0 heterocycles. The molecule has 0 radical (unpaired) electrons. The maximum absolute atomic E-state index is 11.4. The van der Waals surface area contributed by atoms with Crippen molar-refractivity contribution in [1.29, 1.82) is 0 Å². The van der Waals surface area contributed by atoms with Crippen LogP contribution < -0.4 is 5.73 Å². The Hall–Kier alpha value is -0.370. The summed E-state index contributed by atoms with van der Waals surface area (Å²) in [5, 5.41) is 0. The quantitative estimate of drug-likeness (QED) is 0.705. The van der Waals surface area contributed by atoms with Gasteiger partial charge in [-0.2, -0.15) is 0 Å². The van der Waals surface area contributed by atoms with Gasteiger partial charge in [-0.3, -0.25) is 4.79 Å². The summed E-state index contributed by atoms with van der Waals surface area (Å²) < 4.78 is 0. The first-order chi connectivity index (χ1) is 5.19. The smallest absolute Gasteiger partial charge is 0.151 e. The molecule has 0 fully saturated rings. The van der Waals surface area contributed by atoms with E-state index >= 15 is 0 Å². The lowest BCUT2D eigenvalue weighted by Crippen LogP contribution is -2.34. The molecule has 0 aliphatic heterocycles. The van der Waals surface area contributed by atoms with E-state index in [0.29, 0.717) is 0 Å². The lowest BCUT2D eigenvalue weighted by molar-refractivity contribution is -0.127. The molecule has 0 aromatic carbocycles. The maximum Gasteiger partial charge on any atom is 0.151 e. The van der Waals surface area contributed by atoms with E-state index in [4.69, 9.17) is 5.73 Å².